The number of carbonyl (C=O) groups is 1. The van der Waals surface area contributed by atoms with Gasteiger partial charge in [-0.05, 0) is 18.2 Å². The third-order valence-corrected chi connectivity index (χ3v) is 3.29. The van der Waals surface area contributed by atoms with Crippen LogP contribution < -0.4 is 9.46 Å². The SMILES string of the molecule is COC(=O)c1cc(N[SH](=O)=O)c(Oc2ccccc2)c([N+](=O)[O-])c1. The zero-order valence-electron chi connectivity index (χ0n) is 12.3. The van der Waals surface area contributed by atoms with Crippen LogP contribution in [0.3, 0.4) is 0 Å². The lowest BCUT2D eigenvalue weighted by atomic mass is 10.1. The predicted octanol–water partition coefficient (Wildman–Crippen LogP) is 2.11. The van der Waals surface area contributed by atoms with Gasteiger partial charge < -0.3 is 9.47 Å². The van der Waals surface area contributed by atoms with Gasteiger partial charge in [-0.1, -0.05) is 18.2 Å². The van der Waals surface area contributed by atoms with Crippen LogP contribution in [0.25, 0.3) is 0 Å². The molecule has 0 aliphatic rings. The molecule has 2 aromatic carbocycles. The van der Waals surface area contributed by atoms with E-state index in [4.69, 9.17) is 4.74 Å². The Bertz CT molecular complexity index is 842. The molecule has 0 radical (unpaired) electrons. The summed E-state index contributed by atoms with van der Waals surface area (Å²) in [6.07, 6.45) is 0. The van der Waals surface area contributed by atoms with E-state index in [1.807, 2.05) is 4.72 Å². The minimum atomic E-state index is -3.14. The molecule has 0 aliphatic heterocycles. The van der Waals surface area contributed by atoms with Gasteiger partial charge in [0.1, 0.15) is 5.75 Å². The first-order chi connectivity index (χ1) is 11.4. The Morgan fingerprint density at radius 3 is 2.42 bits per heavy atom. The molecule has 0 amide bonds. The molecular formula is C14H12N2O7S. The lowest BCUT2D eigenvalue weighted by molar-refractivity contribution is -0.385. The monoisotopic (exact) mass is 352 g/mol. The molecule has 0 fully saturated rings. The average molecular weight is 352 g/mol. The fraction of sp³-hybridized carbons (Fsp3) is 0.0714. The van der Waals surface area contributed by atoms with Crippen LogP contribution >= 0.6 is 0 Å². The number of methoxy groups -OCH3 is 1. The van der Waals surface area contributed by atoms with Crippen molar-refractivity contribution in [2.75, 3.05) is 11.8 Å². The number of hydrogen-bond acceptors (Lipinski definition) is 7. The molecule has 0 atom stereocenters. The van der Waals surface area contributed by atoms with Crippen molar-refractivity contribution in [3.05, 3.63) is 58.1 Å². The molecule has 10 heteroatoms. The number of thiol groups is 1. The number of rotatable bonds is 6. The van der Waals surface area contributed by atoms with Crippen molar-refractivity contribution in [3.63, 3.8) is 0 Å². The first-order valence-corrected chi connectivity index (χ1v) is 7.65. The van der Waals surface area contributed by atoms with Crippen molar-refractivity contribution >= 4 is 28.2 Å². The van der Waals surface area contributed by atoms with Gasteiger partial charge in [0.2, 0.25) is 16.6 Å². The summed E-state index contributed by atoms with van der Waals surface area (Å²) >= 11 is 0. The molecule has 0 unspecified atom stereocenters. The highest BCUT2D eigenvalue weighted by Crippen LogP contribution is 2.39. The number of benzene rings is 2. The Kier molecular flexibility index (Phi) is 5.32. The number of nitro benzene ring substituents is 1. The maximum Gasteiger partial charge on any atom is 0.338 e. The molecule has 24 heavy (non-hydrogen) atoms. The molecule has 0 saturated carbocycles. The van der Waals surface area contributed by atoms with Gasteiger partial charge in [0.15, 0.2) is 0 Å². The molecular weight excluding hydrogens is 340 g/mol. The van der Waals surface area contributed by atoms with E-state index in [9.17, 15) is 23.3 Å². The molecule has 0 heterocycles. The Labute approximate surface area is 138 Å². The summed E-state index contributed by atoms with van der Waals surface area (Å²) in [5.74, 6) is -0.929. The second-order valence-corrected chi connectivity index (χ2v) is 5.14. The van der Waals surface area contributed by atoms with Crippen LogP contribution in [0.2, 0.25) is 0 Å². The minimum Gasteiger partial charge on any atom is -0.465 e. The number of nitrogens with one attached hydrogen (secondary N) is 1. The van der Waals surface area contributed by atoms with E-state index < -0.39 is 27.5 Å². The number of esters is 1. The van der Waals surface area contributed by atoms with E-state index >= 15 is 0 Å². The molecule has 9 nitrogen and oxygen atoms in total. The minimum absolute atomic E-state index is 0.191. The van der Waals surface area contributed by atoms with Gasteiger partial charge in [0.25, 0.3) is 0 Å². The van der Waals surface area contributed by atoms with Crippen LogP contribution in [0.5, 0.6) is 11.5 Å². The quantitative estimate of drug-likeness (QED) is 0.353. The van der Waals surface area contributed by atoms with Crippen molar-refractivity contribution in [1.82, 2.24) is 0 Å². The molecule has 0 aromatic heterocycles. The second kappa shape index (κ2) is 7.42. The summed E-state index contributed by atoms with van der Waals surface area (Å²) < 4.78 is 34.0. The van der Waals surface area contributed by atoms with Crippen molar-refractivity contribution in [2.24, 2.45) is 0 Å². The third kappa shape index (κ3) is 3.98. The maximum atomic E-state index is 11.6. The molecule has 126 valence electrons. The molecule has 0 bridgehead atoms. The Hall–Kier alpha value is -3.14. The van der Waals surface area contributed by atoms with E-state index in [1.54, 1.807) is 30.3 Å². The number of nitro groups is 1. The maximum absolute atomic E-state index is 11.6. The number of anilines is 1. The fourth-order valence-corrected chi connectivity index (χ4v) is 2.24. The van der Waals surface area contributed by atoms with Gasteiger partial charge in [-0.25, -0.2) is 13.2 Å². The second-order valence-electron chi connectivity index (χ2n) is 4.40. The molecule has 1 N–H and O–H groups in total. The average Bonchev–Trinajstić information content (AvgIpc) is 2.55. The third-order valence-electron chi connectivity index (χ3n) is 2.86. The van der Waals surface area contributed by atoms with Gasteiger partial charge in [-0.15, -0.1) is 0 Å². The fourth-order valence-electron chi connectivity index (χ4n) is 1.88. The topological polar surface area (TPSA) is 125 Å². The first-order valence-electron chi connectivity index (χ1n) is 6.47. The van der Waals surface area contributed by atoms with Crippen molar-refractivity contribution in [1.29, 1.82) is 0 Å². The van der Waals surface area contributed by atoms with E-state index in [0.717, 1.165) is 19.2 Å². The largest absolute Gasteiger partial charge is 0.465 e. The molecule has 0 saturated heterocycles. The van der Waals surface area contributed by atoms with Crippen LogP contribution in [0.1, 0.15) is 10.4 Å². The number of carbonyl (C=O) groups excluding carboxylic acids is 1. The molecule has 2 rings (SSSR count). The van der Waals surface area contributed by atoms with Crippen molar-refractivity contribution in [3.8, 4) is 11.5 Å². The molecule has 2 aromatic rings. The summed E-state index contributed by atoms with van der Waals surface area (Å²) in [5, 5.41) is 11.3. The molecule has 0 aliphatic carbocycles. The van der Waals surface area contributed by atoms with Gasteiger partial charge in [0, 0.05) is 6.07 Å². The lowest BCUT2D eigenvalue weighted by Crippen LogP contribution is -2.07. The summed E-state index contributed by atoms with van der Waals surface area (Å²) in [7, 11) is -2.04. The van der Waals surface area contributed by atoms with Crippen LogP contribution in [0, 0.1) is 10.1 Å². The zero-order chi connectivity index (χ0) is 17.7. The van der Waals surface area contributed by atoms with Crippen LogP contribution in [-0.2, 0) is 15.6 Å². The summed E-state index contributed by atoms with van der Waals surface area (Å²) in [4.78, 5) is 22.2. The predicted molar refractivity (Wildman–Crippen MR) is 84.9 cm³/mol. The number of para-hydroxylation sites is 1. The normalized spacial score (nSPS) is 10.2. The molecule has 0 spiro atoms. The number of ether oxygens (including phenoxy) is 2. The number of hydrogen-bond donors (Lipinski definition) is 2. The summed E-state index contributed by atoms with van der Waals surface area (Å²) in [5.41, 5.74) is -1.02. The van der Waals surface area contributed by atoms with Crippen LogP contribution in [-0.4, -0.2) is 26.4 Å². The summed E-state index contributed by atoms with van der Waals surface area (Å²) in [6, 6.07) is 10.1. The highest BCUT2D eigenvalue weighted by atomic mass is 32.2. The van der Waals surface area contributed by atoms with Crippen molar-refractivity contribution < 1.29 is 27.6 Å². The standard InChI is InChI=1S/C14H12N2O7S/c1-22-14(17)9-7-11(15-24(20)21)13(12(8-9)16(18)19)23-10-5-3-2-4-6-10/h2-8,24H,1H3,(H,15,20,21). The van der Waals surface area contributed by atoms with Gasteiger partial charge >= 0.3 is 11.7 Å². The number of nitrogens with zero attached hydrogens (tertiary/aromatic N) is 1. The van der Waals surface area contributed by atoms with E-state index in [0.29, 0.717) is 0 Å². The van der Waals surface area contributed by atoms with Crippen LogP contribution in [0.15, 0.2) is 42.5 Å². The highest BCUT2D eigenvalue weighted by molar-refractivity contribution is 7.73. The lowest BCUT2D eigenvalue weighted by Gasteiger charge is -2.12. The Morgan fingerprint density at radius 1 is 1.21 bits per heavy atom. The summed E-state index contributed by atoms with van der Waals surface area (Å²) in [6.45, 7) is 0. The van der Waals surface area contributed by atoms with E-state index in [1.165, 1.54) is 0 Å². The van der Waals surface area contributed by atoms with E-state index in [-0.39, 0.29) is 22.7 Å². The Morgan fingerprint density at radius 2 is 1.88 bits per heavy atom. The van der Waals surface area contributed by atoms with Gasteiger partial charge in [-0.3, -0.25) is 14.8 Å². The van der Waals surface area contributed by atoms with Crippen molar-refractivity contribution in [2.45, 2.75) is 0 Å². The van der Waals surface area contributed by atoms with E-state index in [2.05, 4.69) is 4.74 Å². The first kappa shape index (κ1) is 17.2. The smallest absolute Gasteiger partial charge is 0.338 e. The van der Waals surface area contributed by atoms with Gasteiger partial charge in [0.05, 0.1) is 23.3 Å². The Balaban J connectivity index is 2.64. The highest BCUT2D eigenvalue weighted by Gasteiger charge is 2.25. The van der Waals surface area contributed by atoms with Gasteiger partial charge in [-0.2, -0.15) is 0 Å². The van der Waals surface area contributed by atoms with Crippen LogP contribution in [0.4, 0.5) is 11.4 Å². The zero-order valence-corrected chi connectivity index (χ0v) is 13.2.